The number of ether oxygens (including phenoxy) is 1. The smallest absolute Gasteiger partial charge is 0.254 e. The van der Waals surface area contributed by atoms with Gasteiger partial charge in [0.2, 0.25) is 5.91 Å². The highest BCUT2D eigenvalue weighted by atomic mass is 19.1. The fraction of sp³-hybridized carbons (Fsp3) is 0.389. The van der Waals surface area contributed by atoms with Crippen molar-refractivity contribution in [2.75, 3.05) is 26.4 Å². The predicted octanol–water partition coefficient (Wildman–Crippen LogP) is 1.50. The van der Waals surface area contributed by atoms with Crippen LogP contribution in [0.3, 0.4) is 0 Å². The van der Waals surface area contributed by atoms with E-state index in [-0.39, 0.29) is 30.5 Å². The molecule has 0 saturated carbocycles. The summed E-state index contributed by atoms with van der Waals surface area (Å²) < 4.78 is 19.2. The molecule has 1 atom stereocenters. The number of halogens is 1. The van der Waals surface area contributed by atoms with Crippen molar-refractivity contribution in [3.8, 4) is 11.3 Å². The van der Waals surface area contributed by atoms with Crippen molar-refractivity contribution in [1.82, 2.24) is 14.5 Å². The second kappa shape index (κ2) is 8.02. The largest absolute Gasteiger partial charge is 0.374 e. The first-order chi connectivity index (χ1) is 12.2. The number of benzene rings is 1. The molecular weight excluding hydrogens is 325 g/mol. The van der Waals surface area contributed by atoms with Crippen LogP contribution in [0, 0.1) is 0 Å². The van der Waals surface area contributed by atoms with E-state index in [0.29, 0.717) is 25.4 Å². The van der Waals surface area contributed by atoms with Gasteiger partial charge < -0.3 is 9.64 Å². The topological polar surface area (TPSA) is 64.4 Å². The molecule has 3 rings (SSSR count). The molecule has 2 heterocycles. The molecule has 1 aromatic carbocycles. The summed E-state index contributed by atoms with van der Waals surface area (Å²) in [4.78, 5) is 30.6. The average Bonchev–Trinajstić information content (AvgIpc) is 2.64. The quantitative estimate of drug-likeness (QED) is 0.824. The number of aromatic nitrogens is 2. The number of carbonyl (C=O) groups excluding carboxylic acids is 1. The van der Waals surface area contributed by atoms with Crippen LogP contribution in [0.4, 0.5) is 4.39 Å². The Hall–Kier alpha value is -2.54. The second-order valence-corrected chi connectivity index (χ2v) is 5.92. The lowest BCUT2D eigenvalue weighted by Gasteiger charge is -2.32. The summed E-state index contributed by atoms with van der Waals surface area (Å²) in [5.41, 5.74) is 1.14. The number of rotatable bonds is 5. The van der Waals surface area contributed by atoms with Gasteiger partial charge in [-0.2, -0.15) is 0 Å². The summed E-state index contributed by atoms with van der Waals surface area (Å²) in [7, 11) is 0. The third-order valence-electron chi connectivity index (χ3n) is 4.18. The van der Waals surface area contributed by atoms with Crippen LogP contribution in [0.15, 0.2) is 47.5 Å². The maximum absolute atomic E-state index is 12.4. The van der Waals surface area contributed by atoms with Crippen molar-refractivity contribution in [3.05, 3.63) is 53.1 Å². The van der Waals surface area contributed by atoms with Crippen LogP contribution in [-0.4, -0.2) is 52.8 Å². The normalized spacial score (nSPS) is 17.5. The van der Waals surface area contributed by atoms with Crippen LogP contribution in [0.1, 0.15) is 6.42 Å². The first-order valence-corrected chi connectivity index (χ1v) is 8.24. The molecule has 0 N–H and O–H groups in total. The van der Waals surface area contributed by atoms with E-state index in [1.54, 1.807) is 4.90 Å². The SMILES string of the molecule is O=C(Cn1cnc(-c2ccccc2)cc1=O)N1CCOC(CCF)C1. The number of hydrogen-bond donors (Lipinski definition) is 0. The molecule has 6 nitrogen and oxygen atoms in total. The van der Waals surface area contributed by atoms with Gasteiger partial charge in [0.15, 0.2) is 0 Å². The van der Waals surface area contributed by atoms with Gasteiger partial charge in [-0.1, -0.05) is 30.3 Å². The fourth-order valence-electron chi connectivity index (χ4n) is 2.80. The zero-order valence-electron chi connectivity index (χ0n) is 13.8. The van der Waals surface area contributed by atoms with Crippen LogP contribution in [0.2, 0.25) is 0 Å². The Balaban J connectivity index is 1.68. The zero-order valence-corrected chi connectivity index (χ0v) is 13.8. The number of alkyl halides is 1. The van der Waals surface area contributed by atoms with E-state index in [0.717, 1.165) is 5.56 Å². The number of hydrogen-bond acceptors (Lipinski definition) is 4. The summed E-state index contributed by atoms with van der Waals surface area (Å²) >= 11 is 0. The standard InChI is InChI=1S/C18H20FN3O3/c19-7-6-15-11-21(8-9-25-15)18(24)12-22-13-20-16(10-17(22)23)14-4-2-1-3-5-14/h1-5,10,13,15H,6-9,11-12H2. The van der Waals surface area contributed by atoms with Gasteiger partial charge in [0.1, 0.15) is 6.54 Å². The Kier molecular flexibility index (Phi) is 5.55. The molecule has 1 fully saturated rings. The maximum atomic E-state index is 12.4. The molecule has 0 spiro atoms. The molecule has 0 aliphatic carbocycles. The molecule has 132 valence electrons. The van der Waals surface area contributed by atoms with Crippen molar-refractivity contribution in [2.24, 2.45) is 0 Å². The molecule has 0 radical (unpaired) electrons. The first-order valence-electron chi connectivity index (χ1n) is 8.24. The van der Waals surface area contributed by atoms with E-state index in [4.69, 9.17) is 4.74 Å². The van der Waals surface area contributed by atoms with Gasteiger partial charge in [-0.05, 0) is 0 Å². The molecule has 1 unspecified atom stereocenters. The molecule has 1 saturated heterocycles. The van der Waals surface area contributed by atoms with Gasteiger partial charge in [-0.15, -0.1) is 0 Å². The molecule has 1 aliphatic rings. The number of carbonyl (C=O) groups is 1. The lowest BCUT2D eigenvalue weighted by Crippen LogP contribution is -2.47. The Morgan fingerprint density at radius 2 is 2.12 bits per heavy atom. The van der Waals surface area contributed by atoms with Crippen LogP contribution in [0.25, 0.3) is 11.3 Å². The van der Waals surface area contributed by atoms with Gasteiger partial charge in [0.05, 0.1) is 31.4 Å². The van der Waals surface area contributed by atoms with Gasteiger partial charge in [0.25, 0.3) is 5.56 Å². The third-order valence-corrected chi connectivity index (χ3v) is 4.18. The minimum absolute atomic E-state index is 0.0801. The van der Waals surface area contributed by atoms with Crippen molar-refractivity contribution in [2.45, 2.75) is 19.1 Å². The number of morpholine rings is 1. The summed E-state index contributed by atoms with van der Waals surface area (Å²) in [6, 6.07) is 10.8. The highest BCUT2D eigenvalue weighted by molar-refractivity contribution is 5.76. The van der Waals surface area contributed by atoms with Crippen molar-refractivity contribution in [1.29, 1.82) is 0 Å². The lowest BCUT2D eigenvalue weighted by atomic mass is 10.1. The fourth-order valence-corrected chi connectivity index (χ4v) is 2.80. The first kappa shape index (κ1) is 17.3. The molecule has 0 bridgehead atoms. The van der Waals surface area contributed by atoms with Crippen LogP contribution < -0.4 is 5.56 Å². The van der Waals surface area contributed by atoms with Gasteiger partial charge in [-0.25, -0.2) is 4.98 Å². The Bertz CT molecular complexity index is 777. The van der Waals surface area contributed by atoms with Crippen molar-refractivity contribution in [3.63, 3.8) is 0 Å². The average molecular weight is 345 g/mol. The molecular formula is C18H20FN3O3. The number of nitrogens with zero attached hydrogens (tertiary/aromatic N) is 3. The van der Waals surface area contributed by atoms with Crippen LogP contribution in [0.5, 0.6) is 0 Å². The highest BCUT2D eigenvalue weighted by Crippen LogP contribution is 2.13. The summed E-state index contributed by atoms with van der Waals surface area (Å²) in [5, 5.41) is 0. The zero-order chi connectivity index (χ0) is 17.6. The molecule has 1 aliphatic heterocycles. The van der Waals surface area contributed by atoms with Crippen molar-refractivity contribution >= 4 is 5.91 Å². The molecule has 7 heteroatoms. The number of amides is 1. The van der Waals surface area contributed by atoms with E-state index in [1.165, 1.54) is 17.0 Å². The van der Waals surface area contributed by atoms with Gasteiger partial charge in [-0.3, -0.25) is 18.5 Å². The second-order valence-electron chi connectivity index (χ2n) is 5.92. The van der Waals surface area contributed by atoms with E-state index in [2.05, 4.69) is 4.98 Å². The maximum Gasteiger partial charge on any atom is 0.254 e. The predicted molar refractivity (Wildman–Crippen MR) is 90.8 cm³/mol. The molecule has 2 aromatic rings. The van der Waals surface area contributed by atoms with Crippen molar-refractivity contribution < 1.29 is 13.9 Å². The molecule has 1 amide bonds. The summed E-state index contributed by atoms with van der Waals surface area (Å²) in [6.45, 7) is 0.635. The molecule has 25 heavy (non-hydrogen) atoms. The van der Waals surface area contributed by atoms with Gasteiger partial charge in [0, 0.05) is 31.1 Å². The van der Waals surface area contributed by atoms with E-state index in [1.807, 2.05) is 30.3 Å². The lowest BCUT2D eigenvalue weighted by molar-refractivity contribution is -0.139. The minimum Gasteiger partial charge on any atom is -0.374 e. The van der Waals surface area contributed by atoms with E-state index < -0.39 is 6.67 Å². The highest BCUT2D eigenvalue weighted by Gasteiger charge is 2.24. The Labute approximate surface area is 144 Å². The van der Waals surface area contributed by atoms with E-state index >= 15 is 0 Å². The van der Waals surface area contributed by atoms with Crippen LogP contribution in [-0.2, 0) is 16.1 Å². The summed E-state index contributed by atoms with van der Waals surface area (Å²) in [6.07, 6.45) is 1.39. The van der Waals surface area contributed by atoms with Gasteiger partial charge >= 0.3 is 0 Å². The minimum atomic E-state index is -0.475. The monoisotopic (exact) mass is 345 g/mol. The Morgan fingerprint density at radius 1 is 1.32 bits per heavy atom. The summed E-state index contributed by atoms with van der Waals surface area (Å²) in [5.74, 6) is -0.191. The van der Waals surface area contributed by atoms with Crippen LogP contribution >= 0.6 is 0 Å². The third kappa shape index (κ3) is 4.30. The molecule has 1 aromatic heterocycles. The van der Waals surface area contributed by atoms with E-state index in [9.17, 15) is 14.0 Å². The Morgan fingerprint density at radius 3 is 2.84 bits per heavy atom.